The molecule has 0 aliphatic carbocycles. The van der Waals surface area contributed by atoms with E-state index in [0.717, 1.165) is 13.0 Å². The standard InChI is InChI=1S/C24H28OSi/c1-5-18-25-26(22-15-9-6-12-19(22)2,23-16-10-7-13-20(23)3)24-17-11-8-14-21(24)4/h6-17H,5,18H2,1-4H3. The first-order valence-corrected chi connectivity index (χ1v) is 11.3. The molecule has 0 aromatic heterocycles. The highest BCUT2D eigenvalue weighted by Gasteiger charge is 2.44. The van der Waals surface area contributed by atoms with Gasteiger partial charge in [-0.05, 0) is 59.4 Å². The minimum atomic E-state index is -2.58. The van der Waals surface area contributed by atoms with E-state index >= 15 is 0 Å². The largest absolute Gasteiger partial charge is 0.404 e. The molecule has 0 aliphatic rings. The van der Waals surface area contributed by atoms with E-state index in [9.17, 15) is 0 Å². The maximum Gasteiger partial charge on any atom is 0.289 e. The Morgan fingerprint density at radius 1 is 0.615 bits per heavy atom. The third-order valence-corrected chi connectivity index (χ3v) is 9.69. The molecule has 3 aromatic rings. The molecule has 0 spiro atoms. The predicted molar refractivity (Wildman–Crippen MR) is 114 cm³/mol. The second-order valence-electron chi connectivity index (χ2n) is 6.97. The van der Waals surface area contributed by atoms with Crippen LogP contribution in [0, 0.1) is 20.8 Å². The van der Waals surface area contributed by atoms with Gasteiger partial charge in [0.1, 0.15) is 0 Å². The molecule has 134 valence electrons. The van der Waals surface area contributed by atoms with Crippen LogP contribution in [0.1, 0.15) is 30.0 Å². The zero-order chi connectivity index (χ0) is 18.6. The number of hydrogen-bond donors (Lipinski definition) is 0. The van der Waals surface area contributed by atoms with Crippen LogP contribution in [-0.4, -0.2) is 14.9 Å². The normalized spacial score (nSPS) is 11.5. The fourth-order valence-electron chi connectivity index (χ4n) is 3.83. The predicted octanol–water partition coefficient (Wildman–Crippen LogP) is 4.01. The summed E-state index contributed by atoms with van der Waals surface area (Å²) in [5, 5.41) is 4.08. The highest BCUT2D eigenvalue weighted by atomic mass is 28.4. The quantitative estimate of drug-likeness (QED) is 0.477. The lowest BCUT2D eigenvalue weighted by Crippen LogP contribution is -2.71. The van der Waals surface area contributed by atoms with Crippen molar-refractivity contribution >= 4 is 23.9 Å². The van der Waals surface area contributed by atoms with Crippen molar-refractivity contribution in [1.29, 1.82) is 0 Å². The van der Waals surface area contributed by atoms with E-state index < -0.39 is 8.32 Å². The SMILES string of the molecule is CCCO[Si](c1ccccc1C)(c1ccccc1C)c1ccccc1C. The van der Waals surface area contributed by atoms with Gasteiger partial charge in [0.15, 0.2) is 0 Å². The summed E-state index contributed by atoms with van der Waals surface area (Å²) in [6.07, 6.45) is 1.01. The van der Waals surface area contributed by atoms with Crippen LogP contribution in [-0.2, 0) is 4.43 Å². The molecule has 0 amide bonds. The van der Waals surface area contributed by atoms with Crippen LogP contribution in [0.3, 0.4) is 0 Å². The van der Waals surface area contributed by atoms with Crippen molar-refractivity contribution in [2.24, 2.45) is 0 Å². The third-order valence-electron chi connectivity index (χ3n) is 5.10. The van der Waals surface area contributed by atoms with Crippen LogP contribution in [0.15, 0.2) is 72.8 Å². The Morgan fingerprint density at radius 2 is 0.962 bits per heavy atom. The molecule has 3 aromatic carbocycles. The van der Waals surface area contributed by atoms with Crippen molar-refractivity contribution in [1.82, 2.24) is 0 Å². The van der Waals surface area contributed by atoms with E-state index in [0.29, 0.717) is 0 Å². The van der Waals surface area contributed by atoms with Gasteiger partial charge in [0.05, 0.1) is 0 Å². The summed E-state index contributed by atoms with van der Waals surface area (Å²) in [5.74, 6) is 0. The van der Waals surface area contributed by atoms with Crippen molar-refractivity contribution in [2.75, 3.05) is 6.61 Å². The van der Waals surface area contributed by atoms with E-state index in [1.165, 1.54) is 32.3 Å². The topological polar surface area (TPSA) is 9.23 Å². The smallest absolute Gasteiger partial charge is 0.289 e. The van der Waals surface area contributed by atoms with E-state index in [-0.39, 0.29) is 0 Å². The molecule has 26 heavy (non-hydrogen) atoms. The van der Waals surface area contributed by atoms with Gasteiger partial charge in [-0.1, -0.05) is 79.7 Å². The lowest BCUT2D eigenvalue weighted by molar-refractivity contribution is 0.323. The van der Waals surface area contributed by atoms with Crippen molar-refractivity contribution in [3.63, 3.8) is 0 Å². The molecule has 0 radical (unpaired) electrons. The Labute approximate surface area is 158 Å². The van der Waals surface area contributed by atoms with E-state index in [1.807, 2.05) is 0 Å². The van der Waals surface area contributed by atoms with Crippen LogP contribution < -0.4 is 15.6 Å². The Bertz CT molecular complexity index is 774. The summed E-state index contributed by atoms with van der Waals surface area (Å²) >= 11 is 0. The first kappa shape index (κ1) is 18.6. The molecule has 0 aliphatic heterocycles. The Balaban J connectivity index is 2.41. The van der Waals surface area contributed by atoms with Gasteiger partial charge in [0, 0.05) is 6.61 Å². The minimum Gasteiger partial charge on any atom is -0.404 e. The van der Waals surface area contributed by atoms with Gasteiger partial charge in [-0.25, -0.2) is 0 Å². The second kappa shape index (κ2) is 8.03. The van der Waals surface area contributed by atoms with Crippen LogP contribution in [0.25, 0.3) is 0 Å². The van der Waals surface area contributed by atoms with Gasteiger partial charge in [0.2, 0.25) is 0 Å². The van der Waals surface area contributed by atoms with E-state index in [2.05, 4.69) is 100 Å². The number of rotatable bonds is 6. The molecule has 0 heterocycles. The van der Waals surface area contributed by atoms with E-state index in [1.54, 1.807) is 0 Å². The molecule has 1 nitrogen and oxygen atoms in total. The average Bonchev–Trinajstić information content (AvgIpc) is 2.65. The van der Waals surface area contributed by atoms with Crippen LogP contribution in [0.4, 0.5) is 0 Å². The van der Waals surface area contributed by atoms with Crippen LogP contribution >= 0.6 is 0 Å². The number of aryl methyl sites for hydroxylation is 3. The van der Waals surface area contributed by atoms with E-state index in [4.69, 9.17) is 4.43 Å². The maximum absolute atomic E-state index is 6.92. The number of benzene rings is 3. The van der Waals surface area contributed by atoms with Gasteiger partial charge in [0.25, 0.3) is 8.32 Å². The summed E-state index contributed by atoms with van der Waals surface area (Å²) in [6, 6.07) is 26.3. The molecule has 0 atom stereocenters. The molecule has 0 saturated carbocycles. The maximum atomic E-state index is 6.92. The zero-order valence-corrected chi connectivity index (χ0v) is 17.3. The molecule has 0 saturated heterocycles. The average molecular weight is 361 g/mol. The fourth-order valence-corrected chi connectivity index (χ4v) is 8.58. The summed E-state index contributed by atoms with van der Waals surface area (Å²) in [7, 11) is -2.58. The van der Waals surface area contributed by atoms with Crippen LogP contribution in [0.5, 0.6) is 0 Å². The molecular formula is C24H28OSi. The third kappa shape index (κ3) is 3.27. The molecular weight excluding hydrogens is 332 g/mol. The fraction of sp³-hybridized carbons (Fsp3) is 0.250. The summed E-state index contributed by atoms with van der Waals surface area (Å²) in [5.41, 5.74) is 3.92. The molecule has 3 rings (SSSR count). The minimum absolute atomic E-state index is 0.767. The molecule has 0 unspecified atom stereocenters. The molecule has 0 N–H and O–H groups in total. The van der Waals surface area contributed by atoms with Gasteiger partial charge in [-0.3, -0.25) is 0 Å². The van der Waals surface area contributed by atoms with Gasteiger partial charge >= 0.3 is 0 Å². The Kier molecular flexibility index (Phi) is 5.75. The lowest BCUT2D eigenvalue weighted by atomic mass is 10.2. The monoisotopic (exact) mass is 360 g/mol. The Hall–Kier alpha value is -2.16. The lowest BCUT2D eigenvalue weighted by Gasteiger charge is -2.36. The molecule has 2 heteroatoms. The van der Waals surface area contributed by atoms with Gasteiger partial charge in [-0.15, -0.1) is 0 Å². The summed E-state index contributed by atoms with van der Waals surface area (Å²) in [4.78, 5) is 0. The van der Waals surface area contributed by atoms with Crippen molar-refractivity contribution in [2.45, 2.75) is 34.1 Å². The highest BCUT2D eigenvalue weighted by Crippen LogP contribution is 2.16. The zero-order valence-electron chi connectivity index (χ0n) is 16.3. The first-order chi connectivity index (χ1) is 12.6. The first-order valence-electron chi connectivity index (χ1n) is 9.43. The molecule has 0 bridgehead atoms. The van der Waals surface area contributed by atoms with Crippen molar-refractivity contribution < 1.29 is 4.43 Å². The summed E-state index contributed by atoms with van der Waals surface area (Å²) in [6.45, 7) is 9.59. The second-order valence-corrected chi connectivity index (χ2v) is 10.2. The van der Waals surface area contributed by atoms with Crippen molar-refractivity contribution in [3.8, 4) is 0 Å². The van der Waals surface area contributed by atoms with Gasteiger partial charge in [-0.2, -0.15) is 0 Å². The Morgan fingerprint density at radius 3 is 1.27 bits per heavy atom. The van der Waals surface area contributed by atoms with Crippen LogP contribution in [0.2, 0.25) is 0 Å². The highest BCUT2D eigenvalue weighted by molar-refractivity contribution is 7.07. The number of hydrogen-bond acceptors (Lipinski definition) is 1. The molecule has 0 fully saturated rings. The van der Waals surface area contributed by atoms with Crippen molar-refractivity contribution in [3.05, 3.63) is 89.5 Å². The summed E-state index contributed by atoms with van der Waals surface area (Å²) < 4.78 is 6.92. The van der Waals surface area contributed by atoms with Gasteiger partial charge < -0.3 is 4.43 Å².